The van der Waals surface area contributed by atoms with E-state index in [1.807, 2.05) is 24.3 Å². The van der Waals surface area contributed by atoms with Gasteiger partial charge in [0.15, 0.2) is 0 Å². The van der Waals surface area contributed by atoms with Crippen molar-refractivity contribution in [3.63, 3.8) is 0 Å². The van der Waals surface area contributed by atoms with E-state index < -0.39 is 12.0 Å². The predicted octanol–water partition coefficient (Wildman–Crippen LogP) is 4.42. The Morgan fingerprint density at radius 2 is 1.83 bits per heavy atom. The molecule has 0 heterocycles. The van der Waals surface area contributed by atoms with E-state index in [0.29, 0.717) is 11.3 Å². The Bertz CT molecular complexity index is 759. The summed E-state index contributed by atoms with van der Waals surface area (Å²) < 4.78 is 5.90. The highest BCUT2D eigenvalue weighted by Crippen LogP contribution is 2.17. The summed E-state index contributed by atoms with van der Waals surface area (Å²) in [5.74, 6) is -0.475. The van der Waals surface area contributed by atoms with E-state index in [0.717, 1.165) is 10.0 Å². The van der Waals surface area contributed by atoms with Crippen molar-refractivity contribution < 1.29 is 14.3 Å². The first-order chi connectivity index (χ1) is 11.6. The number of esters is 1. The summed E-state index contributed by atoms with van der Waals surface area (Å²) in [6.07, 6.45) is 3.29. The van der Waals surface area contributed by atoms with E-state index >= 15 is 0 Å². The summed E-state index contributed by atoms with van der Waals surface area (Å²) in [5.41, 5.74) is 1.64. The average molecular weight is 389 g/mol. The first kappa shape index (κ1) is 17.7. The van der Waals surface area contributed by atoms with Gasteiger partial charge >= 0.3 is 12.0 Å². The second-order valence-corrected chi connectivity index (χ2v) is 5.57. The molecule has 0 spiro atoms. The van der Waals surface area contributed by atoms with Crippen LogP contribution in [0.4, 0.5) is 10.5 Å². The van der Waals surface area contributed by atoms with Gasteiger partial charge in [-0.2, -0.15) is 0 Å². The van der Waals surface area contributed by atoms with Crippen molar-refractivity contribution in [3.05, 3.63) is 70.3 Å². The number of rotatable bonds is 5. The van der Waals surface area contributed by atoms with Crippen LogP contribution < -0.4 is 10.6 Å². The van der Waals surface area contributed by atoms with Gasteiger partial charge in [-0.05, 0) is 36.8 Å². The Labute approximate surface area is 148 Å². The predicted molar refractivity (Wildman–Crippen MR) is 97.7 cm³/mol. The molecule has 0 aliphatic heterocycles. The Morgan fingerprint density at radius 1 is 1.12 bits per heavy atom. The molecule has 0 aliphatic rings. The van der Waals surface area contributed by atoms with Gasteiger partial charge in [0.2, 0.25) is 0 Å². The van der Waals surface area contributed by atoms with Gasteiger partial charge in [-0.15, -0.1) is 0 Å². The van der Waals surface area contributed by atoms with Gasteiger partial charge in [0.1, 0.15) is 0 Å². The van der Waals surface area contributed by atoms with E-state index in [4.69, 9.17) is 4.74 Å². The van der Waals surface area contributed by atoms with E-state index in [2.05, 4.69) is 26.6 Å². The first-order valence-electron chi connectivity index (χ1n) is 7.36. The van der Waals surface area contributed by atoms with Crippen molar-refractivity contribution in [2.75, 3.05) is 11.9 Å². The van der Waals surface area contributed by atoms with Crippen LogP contribution in [-0.2, 0) is 4.74 Å². The third kappa shape index (κ3) is 4.96. The Hall–Kier alpha value is -2.60. The number of ether oxygens (including phenoxy) is 1. The van der Waals surface area contributed by atoms with Crippen molar-refractivity contribution in [2.45, 2.75) is 6.92 Å². The van der Waals surface area contributed by atoms with Gasteiger partial charge in [0, 0.05) is 10.7 Å². The number of nitrogens with one attached hydrogen (secondary N) is 2. The second kappa shape index (κ2) is 8.88. The average Bonchev–Trinajstić information content (AvgIpc) is 2.57. The molecule has 5 nitrogen and oxygen atoms in total. The molecule has 0 saturated carbocycles. The summed E-state index contributed by atoms with van der Waals surface area (Å²) in [6, 6.07) is 13.9. The maximum Gasteiger partial charge on any atom is 0.340 e. The maximum atomic E-state index is 12.0. The lowest BCUT2D eigenvalue weighted by atomic mass is 10.2. The molecule has 24 heavy (non-hydrogen) atoms. The summed E-state index contributed by atoms with van der Waals surface area (Å²) in [6.45, 7) is 2.00. The molecular formula is C18H17BrN2O3. The largest absolute Gasteiger partial charge is 0.462 e. The van der Waals surface area contributed by atoms with Gasteiger partial charge in [0.05, 0.1) is 17.9 Å². The highest BCUT2D eigenvalue weighted by molar-refractivity contribution is 9.10. The monoisotopic (exact) mass is 388 g/mol. The number of benzene rings is 2. The Balaban J connectivity index is 2.00. The van der Waals surface area contributed by atoms with Crippen LogP contribution in [0.25, 0.3) is 6.08 Å². The molecule has 0 aliphatic carbocycles. The molecule has 0 fully saturated rings. The number of hydrogen-bond acceptors (Lipinski definition) is 3. The quantitative estimate of drug-likeness (QED) is 0.744. The minimum absolute atomic E-state index is 0.272. The molecule has 0 saturated heterocycles. The molecule has 0 unspecified atom stereocenters. The van der Waals surface area contributed by atoms with Gasteiger partial charge in [0.25, 0.3) is 0 Å². The molecule has 2 aromatic carbocycles. The van der Waals surface area contributed by atoms with Crippen molar-refractivity contribution in [1.82, 2.24) is 5.32 Å². The summed E-state index contributed by atoms with van der Waals surface area (Å²) in [4.78, 5) is 23.9. The van der Waals surface area contributed by atoms with Crippen molar-refractivity contribution in [1.29, 1.82) is 0 Å². The van der Waals surface area contributed by atoms with Crippen molar-refractivity contribution in [3.8, 4) is 0 Å². The molecule has 0 aromatic heterocycles. The zero-order valence-corrected chi connectivity index (χ0v) is 14.7. The van der Waals surface area contributed by atoms with E-state index in [1.165, 1.54) is 6.20 Å². The summed E-state index contributed by atoms with van der Waals surface area (Å²) in [7, 11) is 0. The zero-order valence-electron chi connectivity index (χ0n) is 13.1. The topological polar surface area (TPSA) is 67.4 Å². The van der Waals surface area contributed by atoms with Crippen LogP contribution in [0, 0.1) is 0 Å². The van der Waals surface area contributed by atoms with Gasteiger partial charge in [-0.1, -0.05) is 46.3 Å². The molecular weight excluding hydrogens is 372 g/mol. The van der Waals surface area contributed by atoms with Gasteiger partial charge in [-0.3, -0.25) is 0 Å². The molecule has 2 rings (SSSR count). The molecule has 2 amide bonds. The number of carbonyl (C=O) groups is 2. The molecule has 124 valence electrons. The number of halogens is 1. The Morgan fingerprint density at radius 3 is 2.58 bits per heavy atom. The fraction of sp³-hybridized carbons (Fsp3) is 0.111. The number of anilines is 1. The SMILES string of the molecule is CCOC(=O)c1ccccc1NC(=O)N/C=C/c1ccccc1Br. The number of urea groups is 1. The summed E-state index contributed by atoms with van der Waals surface area (Å²) in [5, 5.41) is 5.24. The van der Waals surface area contributed by atoms with Gasteiger partial charge < -0.3 is 15.4 Å². The fourth-order valence-electron chi connectivity index (χ4n) is 1.95. The van der Waals surface area contributed by atoms with Crippen molar-refractivity contribution >= 4 is 39.7 Å². The molecule has 2 N–H and O–H groups in total. The van der Waals surface area contributed by atoms with E-state index in [-0.39, 0.29) is 6.61 Å². The van der Waals surface area contributed by atoms with Crippen LogP contribution in [0.15, 0.2) is 59.2 Å². The third-order valence-corrected chi connectivity index (χ3v) is 3.78. The number of carbonyl (C=O) groups excluding carboxylic acids is 2. The highest BCUT2D eigenvalue weighted by Gasteiger charge is 2.13. The van der Waals surface area contributed by atoms with Crippen LogP contribution in [-0.4, -0.2) is 18.6 Å². The first-order valence-corrected chi connectivity index (χ1v) is 8.16. The smallest absolute Gasteiger partial charge is 0.340 e. The number of amides is 2. The third-order valence-electron chi connectivity index (χ3n) is 3.05. The van der Waals surface area contributed by atoms with Crippen molar-refractivity contribution in [2.24, 2.45) is 0 Å². The summed E-state index contributed by atoms with van der Waals surface area (Å²) >= 11 is 3.43. The second-order valence-electron chi connectivity index (χ2n) is 4.72. The van der Waals surface area contributed by atoms with Crippen LogP contribution in [0.3, 0.4) is 0 Å². The molecule has 0 radical (unpaired) electrons. The molecule has 6 heteroatoms. The van der Waals surface area contributed by atoms with Crippen LogP contribution in [0.1, 0.15) is 22.8 Å². The minimum atomic E-state index is -0.475. The van der Waals surface area contributed by atoms with Crippen LogP contribution in [0.2, 0.25) is 0 Å². The van der Waals surface area contributed by atoms with Gasteiger partial charge in [-0.25, -0.2) is 9.59 Å². The van der Waals surface area contributed by atoms with Crippen LogP contribution in [0.5, 0.6) is 0 Å². The number of para-hydroxylation sites is 1. The van der Waals surface area contributed by atoms with Crippen LogP contribution >= 0.6 is 15.9 Å². The molecule has 0 atom stereocenters. The fourth-order valence-corrected chi connectivity index (χ4v) is 2.37. The maximum absolute atomic E-state index is 12.0. The lowest BCUT2D eigenvalue weighted by molar-refractivity contribution is 0.0527. The Kier molecular flexibility index (Phi) is 6.57. The lowest BCUT2D eigenvalue weighted by Gasteiger charge is -2.09. The highest BCUT2D eigenvalue weighted by atomic mass is 79.9. The minimum Gasteiger partial charge on any atom is -0.462 e. The molecule has 2 aromatic rings. The number of hydrogen-bond donors (Lipinski definition) is 2. The normalized spacial score (nSPS) is 10.4. The van der Waals surface area contributed by atoms with E-state index in [1.54, 1.807) is 37.3 Å². The zero-order chi connectivity index (χ0) is 17.4. The van der Waals surface area contributed by atoms with E-state index in [9.17, 15) is 9.59 Å². The molecule has 0 bridgehead atoms. The standard InChI is InChI=1S/C18H17BrN2O3/c1-2-24-17(22)14-8-4-6-10-16(14)21-18(23)20-12-11-13-7-3-5-9-15(13)19/h3-12H,2H2,1H3,(H2,20,21,23)/b12-11+. The lowest BCUT2D eigenvalue weighted by Crippen LogP contribution is -2.25.